The lowest BCUT2D eigenvalue weighted by molar-refractivity contribution is 0.230. The summed E-state index contributed by atoms with van der Waals surface area (Å²) in [5.74, 6) is 0.866. The molecule has 0 aliphatic heterocycles. The average Bonchev–Trinajstić information content (AvgIpc) is 2.29. The summed E-state index contributed by atoms with van der Waals surface area (Å²) in [6.07, 6.45) is 0.783. The topological polar surface area (TPSA) is 50.4 Å². The molecule has 0 atom stereocenters. The predicted octanol–water partition coefficient (Wildman–Crippen LogP) is 2.86. The molecule has 2 N–H and O–H groups in total. The highest BCUT2D eigenvalue weighted by atomic mass is 16.5. The van der Waals surface area contributed by atoms with Crippen molar-refractivity contribution in [3.63, 3.8) is 0 Å². The van der Waals surface area contributed by atoms with E-state index in [1.807, 2.05) is 52.0 Å². The molecule has 1 rings (SSSR count). The summed E-state index contributed by atoms with van der Waals surface area (Å²) in [7, 11) is 0. The normalized spacial score (nSPS) is 10.9. The van der Waals surface area contributed by atoms with Crippen LogP contribution in [-0.2, 0) is 0 Å². The number of carbonyl (C=O) groups is 1. The molecule has 4 heteroatoms. The lowest BCUT2D eigenvalue weighted by Gasteiger charge is -2.20. The van der Waals surface area contributed by atoms with Gasteiger partial charge in [0.1, 0.15) is 5.75 Å². The zero-order valence-electron chi connectivity index (χ0n) is 12.2. The maximum absolute atomic E-state index is 11.5. The Hall–Kier alpha value is -1.71. The number of ether oxygens (including phenoxy) is 1. The van der Waals surface area contributed by atoms with Gasteiger partial charge in [0.2, 0.25) is 0 Å². The van der Waals surface area contributed by atoms with Gasteiger partial charge >= 0.3 is 6.03 Å². The zero-order valence-corrected chi connectivity index (χ0v) is 12.2. The van der Waals surface area contributed by atoms with Crippen molar-refractivity contribution in [2.24, 2.45) is 0 Å². The summed E-state index contributed by atoms with van der Waals surface area (Å²) in [5, 5.41) is 5.65. The first-order valence-electron chi connectivity index (χ1n) is 6.62. The van der Waals surface area contributed by atoms with Gasteiger partial charge in [-0.15, -0.1) is 0 Å². The molecule has 2 amide bonds. The van der Waals surface area contributed by atoms with Crippen molar-refractivity contribution in [3.8, 4) is 5.75 Å². The Morgan fingerprint density at radius 3 is 2.42 bits per heavy atom. The van der Waals surface area contributed by atoms with Crippen molar-refractivity contribution in [1.29, 1.82) is 0 Å². The summed E-state index contributed by atoms with van der Waals surface area (Å²) in [4.78, 5) is 11.5. The van der Waals surface area contributed by atoms with Gasteiger partial charge in [0.15, 0.2) is 0 Å². The standard InChI is InChI=1S/C15H24N2O2/c1-12-6-8-13(9-7-12)19-11-5-10-16-14(18)17-15(2,3)4/h6-9H,5,10-11H2,1-4H3,(H2,16,17,18). The fraction of sp³-hybridized carbons (Fsp3) is 0.533. The molecule has 1 aromatic carbocycles. The number of benzene rings is 1. The van der Waals surface area contributed by atoms with E-state index in [-0.39, 0.29) is 11.6 Å². The SMILES string of the molecule is Cc1ccc(OCCCNC(=O)NC(C)(C)C)cc1. The molecule has 0 aliphatic rings. The molecule has 0 spiro atoms. The number of carbonyl (C=O) groups excluding carboxylic acids is 1. The first kappa shape index (κ1) is 15.3. The second-order valence-electron chi connectivity index (χ2n) is 5.65. The molecule has 1 aromatic rings. The van der Waals surface area contributed by atoms with E-state index >= 15 is 0 Å². The van der Waals surface area contributed by atoms with Crippen LogP contribution in [0.1, 0.15) is 32.8 Å². The summed E-state index contributed by atoms with van der Waals surface area (Å²) < 4.78 is 5.57. The van der Waals surface area contributed by atoms with Crippen molar-refractivity contribution in [2.45, 2.75) is 39.7 Å². The molecule has 19 heavy (non-hydrogen) atoms. The van der Waals surface area contributed by atoms with Gasteiger partial charge in [-0.05, 0) is 46.2 Å². The fourth-order valence-corrected chi connectivity index (χ4v) is 1.48. The second-order valence-corrected chi connectivity index (χ2v) is 5.65. The Morgan fingerprint density at radius 1 is 1.21 bits per heavy atom. The number of aryl methyl sites for hydroxylation is 1. The van der Waals surface area contributed by atoms with Gasteiger partial charge in [-0.1, -0.05) is 17.7 Å². The lowest BCUT2D eigenvalue weighted by Crippen LogP contribution is -2.46. The molecule has 0 saturated heterocycles. The predicted molar refractivity (Wildman–Crippen MR) is 77.6 cm³/mol. The minimum Gasteiger partial charge on any atom is -0.494 e. The van der Waals surface area contributed by atoms with Gasteiger partial charge in [0.25, 0.3) is 0 Å². The van der Waals surface area contributed by atoms with Crippen LogP contribution in [0.15, 0.2) is 24.3 Å². The molecule has 0 unspecified atom stereocenters. The van der Waals surface area contributed by atoms with Crippen LogP contribution >= 0.6 is 0 Å². The van der Waals surface area contributed by atoms with Crippen molar-refractivity contribution in [3.05, 3.63) is 29.8 Å². The Bertz CT molecular complexity index is 394. The van der Waals surface area contributed by atoms with Crippen molar-refractivity contribution < 1.29 is 9.53 Å². The molecule has 0 fully saturated rings. The van der Waals surface area contributed by atoms with E-state index in [2.05, 4.69) is 10.6 Å². The minimum atomic E-state index is -0.206. The minimum absolute atomic E-state index is 0.136. The number of urea groups is 1. The lowest BCUT2D eigenvalue weighted by atomic mass is 10.1. The van der Waals surface area contributed by atoms with Gasteiger partial charge in [0.05, 0.1) is 6.61 Å². The first-order chi connectivity index (χ1) is 8.87. The largest absolute Gasteiger partial charge is 0.494 e. The van der Waals surface area contributed by atoms with Crippen LogP contribution in [0.2, 0.25) is 0 Å². The Kier molecular flexibility index (Phi) is 5.67. The Balaban J connectivity index is 2.11. The number of nitrogens with one attached hydrogen (secondary N) is 2. The smallest absolute Gasteiger partial charge is 0.315 e. The van der Waals surface area contributed by atoms with E-state index < -0.39 is 0 Å². The van der Waals surface area contributed by atoms with Crippen LogP contribution in [0, 0.1) is 6.92 Å². The third-order valence-electron chi connectivity index (χ3n) is 2.38. The van der Waals surface area contributed by atoms with E-state index in [0.717, 1.165) is 12.2 Å². The van der Waals surface area contributed by atoms with E-state index in [1.54, 1.807) is 0 Å². The van der Waals surface area contributed by atoms with Gasteiger partial charge in [-0.3, -0.25) is 0 Å². The third kappa shape index (κ3) is 7.34. The molecule has 0 radical (unpaired) electrons. The van der Waals surface area contributed by atoms with Crippen molar-refractivity contribution in [1.82, 2.24) is 10.6 Å². The highest BCUT2D eigenvalue weighted by Gasteiger charge is 2.12. The van der Waals surface area contributed by atoms with E-state index in [9.17, 15) is 4.79 Å². The van der Waals surface area contributed by atoms with E-state index in [0.29, 0.717) is 13.2 Å². The summed E-state index contributed by atoms with van der Waals surface area (Å²) in [6.45, 7) is 9.10. The Labute approximate surface area is 115 Å². The number of amides is 2. The molecule has 4 nitrogen and oxygen atoms in total. The van der Waals surface area contributed by atoms with Crippen molar-refractivity contribution >= 4 is 6.03 Å². The summed E-state index contributed by atoms with van der Waals surface area (Å²) in [5.41, 5.74) is 1.01. The van der Waals surface area contributed by atoms with Crippen LogP contribution in [-0.4, -0.2) is 24.7 Å². The molecular weight excluding hydrogens is 240 g/mol. The zero-order chi connectivity index (χ0) is 14.3. The molecule has 0 bridgehead atoms. The molecular formula is C15H24N2O2. The molecule has 0 saturated carbocycles. The summed E-state index contributed by atoms with van der Waals surface area (Å²) in [6, 6.07) is 7.81. The summed E-state index contributed by atoms with van der Waals surface area (Å²) >= 11 is 0. The number of hydrogen-bond donors (Lipinski definition) is 2. The number of rotatable bonds is 5. The third-order valence-corrected chi connectivity index (χ3v) is 2.38. The van der Waals surface area contributed by atoms with Crippen LogP contribution < -0.4 is 15.4 Å². The Morgan fingerprint density at radius 2 is 1.84 bits per heavy atom. The van der Waals surface area contributed by atoms with Gasteiger partial charge in [-0.25, -0.2) is 4.79 Å². The van der Waals surface area contributed by atoms with Gasteiger partial charge < -0.3 is 15.4 Å². The van der Waals surface area contributed by atoms with Gasteiger partial charge in [-0.2, -0.15) is 0 Å². The monoisotopic (exact) mass is 264 g/mol. The molecule has 106 valence electrons. The van der Waals surface area contributed by atoms with E-state index in [4.69, 9.17) is 4.74 Å². The molecule has 0 aliphatic carbocycles. The second kappa shape index (κ2) is 7.02. The first-order valence-corrected chi connectivity index (χ1v) is 6.62. The maximum atomic E-state index is 11.5. The van der Waals surface area contributed by atoms with Crippen molar-refractivity contribution in [2.75, 3.05) is 13.2 Å². The van der Waals surface area contributed by atoms with Crippen LogP contribution in [0.3, 0.4) is 0 Å². The molecule has 0 aromatic heterocycles. The number of hydrogen-bond acceptors (Lipinski definition) is 2. The van der Waals surface area contributed by atoms with Gasteiger partial charge in [0, 0.05) is 12.1 Å². The highest BCUT2D eigenvalue weighted by Crippen LogP contribution is 2.11. The quantitative estimate of drug-likeness (QED) is 0.803. The average molecular weight is 264 g/mol. The maximum Gasteiger partial charge on any atom is 0.315 e. The van der Waals surface area contributed by atoms with Crippen LogP contribution in [0.5, 0.6) is 5.75 Å². The highest BCUT2D eigenvalue weighted by molar-refractivity contribution is 5.74. The molecule has 0 heterocycles. The van der Waals surface area contributed by atoms with Crippen LogP contribution in [0.4, 0.5) is 4.79 Å². The van der Waals surface area contributed by atoms with Crippen LogP contribution in [0.25, 0.3) is 0 Å². The fourth-order valence-electron chi connectivity index (χ4n) is 1.48. The van der Waals surface area contributed by atoms with E-state index in [1.165, 1.54) is 5.56 Å².